The average Bonchev–Trinajstić information content (AvgIpc) is 3.43. The van der Waals surface area contributed by atoms with Gasteiger partial charge < -0.3 is 14.3 Å². The molecule has 0 radical (unpaired) electrons. The van der Waals surface area contributed by atoms with Gasteiger partial charge in [0.2, 0.25) is 0 Å². The normalized spacial score (nSPS) is 13.8. The lowest BCUT2D eigenvalue weighted by atomic mass is 10.0. The zero-order chi connectivity index (χ0) is 25.1. The summed E-state index contributed by atoms with van der Waals surface area (Å²) in [6, 6.07) is 6.62. The van der Waals surface area contributed by atoms with Crippen molar-refractivity contribution in [3.8, 4) is 22.9 Å². The highest BCUT2D eigenvalue weighted by molar-refractivity contribution is 7.26. The second-order valence-electron chi connectivity index (χ2n) is 8.61. The van der Waals surface area contributed by atoms with Gasteiger partial charge in [-0.3, -0.25) is 9.36 Å². The molecule has 1 aliphatic carbocycles. The third kappa shape index (κ3) is 3.63. The van der Waals surface area contributed by atoms with Crippen LogP contribution in [0.5, 0.6) is 11.5 Å². The van der Waals surface area contributed by atoms with Crippen molar-refractivity contribution in [3.63, 3.8) is 0 Å². The quantitative estimate of drug-likeness (QED) is 0.270. The molecule has 3 heterocycles. The number of ether oxygens (including phenoxy) is 1. The summed E-state index contributed by atoms with van der Waals surface area (Å²) in [4.78, 5) is 23.0. The fourth-order valence-electron chi connectivity index (χ4n) is 4.48. The zero-order valence-electron chi connectivity index (χ0n) is 18.8. The summed E-state index contributed by atoms with van der Waals surface area (Å²) in [5.74, 6) is 1.25. The summed E-state index contributed by atoms with van der Waals surface area (Å²) < 4.78 is 39.4. The number of alkyl halides is 2. The minimum atomic E-state index is -2.93. The number of benzene rings is 2. The first-order valence-electron chi connectivity index (χ1n) is 11.1. The van der Waals surface area contributed by atoms with Crippen molar-refractivity contribution < 1.29 is 23.0 Å². The SMILES string of the molecule is COc1ccc(-c2nc3sc4c(O)c(C(F)F)cc(Cl)c4c3c(=O)n2Cc2cnco2)c(C2CC2)c1. The van der Waals surface area contributed by atoms with E-state index in [1.54, 1.807) is 13.2 Å². The number of aromatic hydroxyl groups is 1. The topological polar surface area (TPSA) is 90.4 Å². The Balaban J connectivity index is 1.69. The van der Waals surface area contributed by atoms with Gasteiger partial charge in [-0.1, -0.05) is 11.6 Å². The van der Waals surface area contributed by atoms with Gasteiger partial charge in [-0.15, -0.1) is 11.3 Å². The number of phenolic OH excluding ortho intramolecular Hbond substituents is 1. The number of phenols is 1. The van der Waals surface area contributed by atoms with Gasteiger partial charge in [0.05, 0.1) is 40.5 Å². The molecule has 1 fully saturated rings. The Labute approximate surface area is 211 Å². The number of thiophene rings is 1. The first kappa shape index (κ1) is 22.9. The highest BCUT2D eigenvalue weighted by Gasteiger charge is 2.30. The van der Waals surface area contributed by atoms with Crippen LogP contribution in [0, 0.1) is 0 Å². The van der Waals surface area contributed by atoms with Crippen molar-refractivity contribution in [2.45, 2.75) is 31.7 Å². The van der Waals surface area contributed by atoms with Crippen molar-refractivity contribution >= 4 is 43.2 Å². The van der Waals surface area contributed by atoms with Crippen LogP contribution in [-0.2, 0) is 6.54 Å². The Kier molecular flexibility index (Phi) is 5.45. The van der Waals surface area contributed by atoms with Gasteiger partial charge >= 0.3 is 0 Å². The lowest BCUT2D eigenvalue weighted by Gasteiger charge is -2.15. The van der Waals surface area contributed by atoms with Crippen LogP contribution >= 0.6 is 22.9 Å². The average molecular weight is 530 g/mol. The van der Waals surface area contributed by atoms with E-state index in [1.165, 1.54) is 17.2 Å². The molecule has 1 saturated carbocycles. The molecule has 0 aliphatic heterocycles. The summed E-state index contributed by atoms with van der Waals surface area (Å²) in [6.45, 7) is 0.0449. The van der Waals surface area contributed by atoms with Gasteiger partial charge in [0, 0.05) is 10.9 Å². The van der Waals surface area contributed by atoms with E-state index < -0.39 is 23.3 Å². The number of oxazole rings is 1. The summed E-state index contributed by atoms with van der Waals surface area (Å²) in [5, 5.41) is 10.9. The van der Waals surface area contributed by atoms with E-state index in [0.29, 0.717) is 28.1 Å². The van der Waals surface area contributed by atoms with E-state index in [-0.39, 0.29) is 27.0 Å². The van der Waals surface area contributed by atoms with Crippen LogP contribution in [-0.4, -0.2) is 26.8 Å². The molecule has 11 heteroatoms. The minimum absolute atomic E-state index is 0.0449. The largest absolute Gasteiger partial charge is 0.506 e. The molecule has 1 N–H and O–H groups in total. The van der Waals surface area contributed by atoms with E-state index in [1.807, 2.05) is 12.1 Å². The van der Waals surface area contributed by atoms with Crippen LogP contribution < -0.4 is 10.3 Å². The molecule has 36 heavy (non-hydrogen) atoms. The predicted molar refractivity (Wildman–Crippen MR) is 133 cm³/mol. The number of rotatable bonds is 6. The molecule has 5 aromatic rings. The molecule has 0 amide bonds. The number of fused-ring (bicyclic) bond motifs is 3. The molecule has 0 unspecified atom stereocenters. The first-order valence-corrected chi connectivity index (χ1v) is 12.3. The zero-order valence-corrected chi connectivity index (χ0v) is 20.4. The molecule has 184 valence electrons. The monoisotopic (exact) mass is 529 g/mol. The molecular weight excluding hydrogens is 512 g/mol. The van der Waals surface area contributed by atoms with Crippen LogP contribution in [0.25, 0.3) is 31.7 Å². The number of hydrogen-bond acceptors (Lipinski definition) is 7. The fourth-order valence-corrected chi connectivity index (χ4v) is 5.99. The van der Waals surface area contributed by atoms with Crippen molar-refractivity contribution in [1.29, 1.82) is 0 Å². The maximum atomic E-state index is 14.0. The van der Waals surface area contributed by atoms with Crippen LogP contribution in [0.1, 0.15) is 42.1 Å². The fraction of sp³-hybridized carbons (Fsp3) is 0.240. The number of halogens is 3. The van der Waals surface area contributed by atoms with E-state index in [0.717, 1.165) is 41.4 Å². The second-order valence-corrected chi connectivity index (χ2v) is 10.0. The summed E-state index contributed by atoms with van der Waals surface area (Å²) >= 11 is 7.33. The molecule has 3 aromatic heterocycles. The van der Waals surface area contributed by atoms with Gasteiger partial charge in [0.15, 0.2) is 6.39 Å². The van der Waals surface area contributed by atoms with E-state index >= 15 is 0 Å². The van der Waals surface area contributed by atoms with E-state index in [2.05, 4.69) is 4.98 Å². The number of aromatic nitrogens is 3. The van der Waals surface area contributed by atoms with Gasteiger partial charge in [-0.2, -0.15) is 0 Å². The Morgan fingerprint density at radius 1 is 1.31 bits per heavy atom. The van der Waals surface area contributed by atoms with Crippen molar-refractivity contribution in [1.82, 2.24) is 14.5 Å². The molecular formula is C25H18ClF2N3O4S. The third-order valence-corrected chi connectivity index (χ3v) is 7.76. The maximum absolute atomic E-state index is 14.0. The van der Waals surface area contributed by atoms with Gasteiger partial charge in [-0.05, 0) is 48.6 Å². The molecule has 7 nitrogen and oxygen atoms in total. The summed E-state index contributed by atoms with van der Waals surface area (Å²) in [6.07, 6.45) is 1.88. The summed E-state index contributed by atoms with van der Waals surface area (Å²) in [5.41, 5.74) is 0.750. The highest BCUT2D eigenvalue weighted by Crippen LogP contribution is 2.48. The standard InChI is InChI=1S/C25H18ClF2N3O4S/c1-34-12-4-5-14(15(6-12)11-2-3-11)23-30-24-19(25(33)31(23)9-13-8-29-10-35-13)18-17(26)7-16(22(27)28)20(32)21(18)36-24/h4-8,10-11,22,32H,2-3,9H2,1H3. The second kappa shape index (κ2) is 8.56. The molecule has 0 bridgehead atoms. The number of hydrogen-bond donors (Lipinski definition) is 1. The predicted octanol–water partition coefficient (Wildman–Crippen LogP) is 6.50. The van der Waals surface area contributed by atoms with Gasteiger partial charge in [-0.25, -0.2) is 18.7 Å². The first-order chi connectivity index (χ1) is 17.4. The van der Waals surface area contributed by atoms with Crippen molar-refractivity contribution in [3.05, 3.63) is 69.1 Å². The van der Waals surface area contributed by atoms with Gasteiger partial charge in [0.25, 0.3) is 12.0 Å². The molecule has 0 spiro atoms. The Hall–Kier alpha value is -3.50. The van der Waals surface area contributed by atoms with Crippen molar-refractivity contribution in [2.75, 3.05) is 7.11 Å². The number of methoxy groups -OCH3 is 1. The molecule has 1 aliphatic rings. The molecule has 6 rings (SSSR count). The van der Waals surface area contributed by atoms with E-state index in [9.17, 15) is 18.7 Å². The number of nitrogens with zero attached hydrogens (tertiary/aromatic N) is 3. The minimum Gasteiger partial charge on any atom is -0.506 e. The molecule has 0 atom stereocenters. The van der Waals surface area contributed by atoms with Crippen molar-refractivity contribution in [2.24, 2.45) is 0 Å². The summed E-state index contributed by atoms with van der Waals surface area (Å²) in [7, 11) is 1.59. The smallest absolute Gasteiger partial charge is 0.267 e. The highest BCUT2D eigenvalue weighted by atomic mass is 35.5. The van der Waals surface area contributed by atoms with Crippen LogP contribution in [0.3, 0.4) is 0 Å². The maximum Gasteiger partial charge on any atom is 0.267 e. The Bertz CT molecular complexity index is 1690. The third-order valence-electron chi connectivity index (χ3n) is 6.37. The lowest BCUT2D eigenvalue weighted by Crippen LogP contribution is -2.24. The van der Waals surface area contributed by atoms with Crippen LogP contribution in [0.15, 0.2) is 46.1 Å². The van der Waals surface area contributed by atoms with Gasteiger partial charge in [0.1, 0.15) is 27.9 Å². The Morgan fingerprint density at radius 2 is 2.11 bits per heavy atom. The lowest BCUT2D eigenvalue weighted by molar-refractivity contribution is 0.148. The molecule has 0 saturated heterocycles. The van der Waals surface area contributed by atoms with E-state index in [4.69, 9.17) is 25.7 Å². The van der Waals surface area contributed by atoms with Crippen LogP contribution in [0.4, 0.5) is 8.78 Å². The molecule has 2 aromatic carbocycles. The Morgan fingerprint density at radius 3 is 2.78 bits per heavy atom. The van der Waals surface area contributed by atoms with Crippen LogP contribution in [0.2, 0.25) is 5.02 Å².